The van der Waals surface area contributed by atoms with Gasteiger partial charge < -0.3 is 14.6 Å². The summed E-state index contributed by atoms with van der Waals surface area (Å²) in [7, 11) is 0. The molecule has 0 aliphatic heterocycles. The van der Waals surface area contributed by atoms with Crippen molar-refractivity contribution in [2.75, 3.05) is 0 Å². The summed E-state index contributed by atoms with van der Waals surface area (Å²) in [4.78, 5) is 31.9. The predicted molar refractivity (Wildman–Crippen MR) is 106 cm³/mol. The summed E-state index contributed by atoms with van der Waals surface area (Å²) < 4.78 is 5.44. The van der Waals surface area contributed by atoms with Crippen LogP contribution >= 0.6 is 0 Å². The van der Waals surface area contributed by atoms with Crippen LogP contribution in [0.1, 0.15) is 56.4 Å². The summed E-state index contributed by atoms with van der Waals surface area (Å²) in [5, 5.41) is 3.16. The molecular formula is C22H27N3O3. The van der Waals surface area contributed by atoms with E-state index in [0.717, 1.165) is 25.7 Å². The zero-order valence-corrected chi connectivity index (χ0v) is 16.2. The minimum atomic E-state index is -0.774. The van der Waals surface area contributed by atoms with Crippen molar-refractivity contribution in [2.24, 2.45) is 0 Å². The zero-order chi connectivity index (χ0) is 19.8. The first-order valence-corrected chi connectivity index (χ1v) is 9.85. The van der Waals surface area contributed by atoms with Crippen LogP contribution in [-0.2, 0) is 16.1 Å². The van der Waals surface area contributed by atoms with E-state index < -0.39 is 6.04 Å². The largest absolute Gasteiger partial charge is 0.467 e. The van der Waals surface area contributed by atoms with Crippen LogP contribution in [0, 0.1) is 0 Å². The highest BCUT2D eigenvalue weighted by Gasteiger charge is 2.32. The van der Waals surface area contributed by atoms with Crippen LogP contribution in [0.15, 0.2) is 59.5 Å². The van der Waals surface area contributed by atoms with Crippen LogP contribution in [0.25, 0.3) is 0 Å². The third kappa shape index (κ3) is 5.09. The molecule has 1 saturated carbocycles. The molecule has 6 heteroatoms. The molecule has 1 fully saturated rings. The summed E-state index contributed by atoms with van der Waals surface area (Å²) in [6, 6.07) is 6.56. The van der Waals surface area contributed by atoms with Crippen LogP contribution in [0.4, 0.5) is 0 Å². The number of hydrogen-bond acceptors (Lipinski definition) is 4. The molecule has 1 aliphatic rings. The number of allylic oxidation sites excluding steroid dienone is 1. The summed E-state index contributed by atoms with van der Waals surface area (Å²) in [6.45, 7) is 1.98. The van der Waals surface area contributed by atoms with Crippen molar-refractivity contribution in [3.8, 4) is 0 Å². The van der Waals surface area contributed by atoms with Crippen LogP contribution in [0.5, 0.6) is 0 Å². The molecule has 3 rings (SSSR count). The maximum atomic E-state index is 13.3. The molecule has 2 heterocycles. The number of hydrogen-bond donors (Lipinski definition) is 1. The van der Waals surface area contributed by atoms with E-state index in [-0.39, 0.29) is 24.4 Å². The van der Waals surface area contributed by atoms with Gasteiger partial charge in [-0.25, -0.2) is 0 Å². The van der Waals surface area contributed by atoms with Gasteiger partial charge in [0, 0.05) is 24.0 Å². The van der Waals surface area contributed by atoms with Gasteiger partial charge in [-0.15, -0.1) is 0 Å². The molecule has 0 bridgehead atoms. The summed E-state index contributed by atoms with van der Waals surface area (Å²) in [5.41, 5.74) is 0.681. The Bertz CT molecular complexity index is 781. The number of carbonyl (C=O) groups is 2. The summed E-state index contributed by atoms with van der Waals surface area (Å²) >= 11 is 0. The van der Waals surface area contributed by atoms with Crippen LogP contribution in [0.2, 0.25) is 0 Å². The van der Waals surface area contributed by atoms with Gasteiger partial charge in [-0.1, -0.05) is 31.4 Å². The highest BCUT2D eigenvalue weighted by molar-refractivity contribution is 5.93. The van der Waals surface area contributed by atoms with Gasteiger partial charge in [0.05, 0.1) is 12.8 Å². The van der Waals surface area contributed by atoms with E-state index in [1.807, 2.05) is 6.07 Å². The van der Waals surface area contributed by atoms with Crippen molar-refractivity contribution >= 4 is 11.8 Å². The van der Waals surface area contributed by atoms with Gasteiger partial charge in [0.2, 0.25) is 11.8 Å². The molecule has 1 atom stereocenters. The Morgan fingerprint density at radius 3 is 2.75 bits per heavy atom. The van der Waals surface area contributed by atoms with Crippen molar-refractivity contribution in [1.82, 2.24) is 15.2 Å². The van der Waals surface area contributed by atoms with Gasteiger partial charge in [-0.2, -0.15) is 0 Å². The third-order valence-corrected chi connectivity index (χ3v) is 5.01. The Hall–Kier alpha value is -2.89. The number of pyridine rings is 1. The first-order valence-electron chi connectivity index (χ1n) is 9.85. The molecule has 2 aromatic rings. The smallest absolute Gasteiger partial charge is 0.247 e. The van der Waals surface area contributed by atoms with Crippen molar-refractivity contribution in [3.05, 3.63) is 66.4 Å². The second-order valence-corrected chi connectivity index (χ2v) is 7.08. The quantitative estimate of drug-likeness (QED) is 0.741. The van der Waals surface area contributed by atoms with E-state index in [2.05, 4.69) is 10.3 Å². The van der Waals surface area contributed by atoms with Crippen molar-refractivity contribution in [2.45, 2.75) is 57.7 Å². The molecule has 1 aliphatic carbocycles. The van der Waals surface area contributed by atoms with Crippen molar-refractivity contribution < 1.29 is 14.0 Å². The van der Waals surface area contributed by atoms with Crippen molar-refractivity contribution in [1.29, 1.82) is 0 Å². The van der Waals surface area contributed by atoms with Crippen LogP contribution < -0.4 is 5.32 Å². The Labute approximate surface area is 165 Å². The molecule has 0 aromatic carbocycles. The fraction of sp³-hybridized carbons (Fsp3) is 0.409. The first kappa shape index (κ1) is 19.9. The normalized spacial score (nSPS) is 16.0. The van der Waals surface area contributed by atoms with Crippen molar-refractivity contribution in [3.63, 3.8) is 0 Å². The lowest BCUT2D eigenvalue weighted by molar-refractivity contribution is -0.138. The highest BCUT2D eigenvalue weighted by atomic mass is 16.3. The van der Waals surface area contributed by atoms with Crippen LogP contribution in [-0.4, -0.2) is 27.7 Å². The molecule has 1 N–H and O–H groups in total. The maximum absolute atomic E-state index is 13.3. The van der Waals surface area contributed by atoms with E-state index >= 15 is 0 Å². The van der Waals surface area contributed by atoms with Gasteiger partial charge in [0.15, 0.2) is 0 Å². The average Bonchev–Trinajstić information content (AvgIpc) is 3.22. The SMILES string of the molecule is CC=CC(=O)N(Cc1ccco1)C(C(=O)NC1CCCCC1)c1cccnc1. The number of carbonyl (C=O) groups excluding carboxylic acids is 2. The van der Waals surface area contributed by atoms with Gasteiger partial charge in [0.25, 0.3) is 0 Å². The molecule has 148 valence electrons. The topological polar surface area (TPSA) is 75.4 Å². The first-order chi connectivity index (χ1) is 13.7. The molecule has 2 amide bonds. The second-order valence-electron chi connectivity index (χ2n) is 7.08. The monoisotopic (exact) mass is 381 g/mol. The Kier molecular flexibility index (Phi) is 7.00. The fourth-order valence-corrected chi connectivity index (χ4v) is 3.64. The molecule has 1 unspecified atom stereocenters. The Balaban J connectivity index is 1.91. The molecular weight excluding hydrogens is 354 g/mol. The number of amides is 2. The molecule has 0 spiro atoms. The van der Waals surface area contributed by atoms with Crippen LogP contribution in [0.3, 0.4) is 0 Å². The Morgan fingerprint density at radius 1 is 1.29 bits per heavy atom. The number of rotatable bonds is 7. The minimum Gasteiger partial charge on any atom is -0.467 e. The third-order valence-electron chi connectivity index (χ3n) is 5.01. The lowest BCUT2D eigenvalue weighted by atomic mass is 9.95. The maximum Gasteiger partial charge on any atom is 0.247 e. The average molecular weight is 381 g/mol. The summed E-state index contributed by atoms with van der Waals surface area (Å²) in [5.74, 6) is 0.202. The fourth-order valence-electron chi connectivity index (χ4n) is 3.64. The lowest BCUT2D eigenvalue weighted by Crippen LogP contribution is -2.46. The van der Waals surface area contributed by atoms with E-state index in [1.165, 1.54) is 17.4 Å². The Morgan fingerprint density at radius 2 is 2.11 bits per heavy atom. The summed E-state index contributed by atoms with van der Waals surface area (Å²) in [6.07, 6.45) is 13.4. The lowest BCUT2D eigenvalue weighted by Gasteiger charge is -2.32. The molecule has 28 heavy (non-hydrogen) atoms. The number of furan rings is 1. The van der Waals surface area contributed by atoms with E-state index in [0.29, 0.717) is 11.3 Å². The number of nitrogens with one attached hydrogen (secondary N) is 1. The molecule has 2 aromatic heterocycles. The van der Waals surface area contributed by atoms with E-state index in [9.17, 15) is 9.59 Å². The predicted octanol–water partition coefficient (Wildman–Crippen LogP) is 3.77. The van der Waals surface area contributed by atoms with Gasteiger partial charge in [0.1, 0.15) is 11.8 Å². The molecule has 0 radical (unpaired) electrons. The standard InChI is InChI=1S/C22H27N3O3/c1-2-8-20(26)25(16-19-12-7-14-28-19)21(17-9-6-13-23-15-17)22(27)24-18-10-4-3-5-11-18/h2,6-9,12-15,18,21H,3-5,10-11,16H2,1H3,(H,24,27). The van der Waals surface area contributed by atoms with E-state index in [4.69, 9.17) is 4.42 Å². The highest BCUT2D eigenvalue weighted by Crippen LogP contribution is 2.25. The van der Waals surface area contributed by atoms with Gasteiger partial charge in [-0.3, -0.25) is 14.6 Å². The van der Waals surface area contributed by atoms with Gasteiger partial charge >= 0.3 is 0 Å². The number of aromatic nitrogens is 1. The van der Waals surface area contributed by atoms with Gasteiger partial charge in [-0.05, 0) is 44.0 Å². The zero-order valence-electron chi connectivity index (χ0n) is 16.2. The van der Waals surface area contributed by atoms with E-state index in [1.54, 1.807) is 49.9 Å². The molecule has 0 saturated heterocycles. The molecule has 6 nitrogen and oxygen atoms in total. The second kappa shape index (κ2) is 9.88. The minimum absolute atomic E-state index is 0.155. The number of nitrogens with zero attached hydrogens (tertiary/aromatic N) is 2.